The zero-order valence-electron chi connectivity index (χ0n) is 19.8. The second-order valence-corrected chi connectivity index (χ2v) is 12.4. The Bertz CT molecular complexity index is 1320. The maximum absolute atomic E-state index is 13.0. The number of nitrogens with zero attached hydrogens (tertiary/aromatic N) is 2. The van der Waals surface area contributed by atoms with E-state index in [1.807, 2.05) is 12.1 Å². The number of carbonyl (C=O) groups is 2. The summed E-state index contributed by atoms with van der Waals surface area (Å²) in [6, 6.07) is 11.9. The van der Waals surface area contributed by atoms with Gasteiger partial charge in [-0.3, -0.25) is 18.6 Å². The summed E-state index contributed by atoms with van der Waals surface area (Å²) in [4.78, 5) is 25.6. The molecule has 35 heavy (non-hydrogen) atoms. The van der Waals surface area contributed by atoms with Gasteiger partial charge in [-0.25, -0.2) is 16.8 Å². The fourth-order valence-electron chi connectivity index (χ4n) is 4.03. The lowest BCUT2D eigenvalue weighted by Gasteiger charge is -2.32. The molecule has 1 aliphatic rings. The predicted octanol–water partition coefficient (Wildman–Crippen LogP) is 2.24. The van der Waals surface area contributed by atoms with Gasteiger partial charge in [0.2, 0.25) is 20.0 Å². The van der Waals surface area contributed by atoms with Crippen molar-refractivity contribution >= 4 is 43.3 Å². The third-order valence-corrected chi connectivity index (χ3v) is 8.26. The number of carbonyl (C=O) groups excluding carboxylic acids is 1. The molecule has 0 radical (unpaired) electrons. The zero-order valence-corrected chi connectivity index (χ0v) is 21.4. The van der Waals surface area contributed by atoms with Crippen LogP contribution in [0.5, 0.6) is 0 Å². The quantitative estimate of drug-likeness (QED) is 0.540. The third kappa shape index (κ3) is 6.73. The molecule has 12 heteroatoms. The molecule has 0 aliphatic carbocycles. The first-order valence-electron chi connectivity index (χ1n) is 10.9. The van der Waals surface area contributed by atoms with Gasteiger partial charge in [0.1, 0.15) is 0 Å². The Kier molecular flexibility index (Phi) is 7.75. The normalized spacial score (nSPS) is 15.0. The molecule has 0 aromatic heterocycles. The molecule has 0 bridgehead atoms. The Morgan fingerprint density at radius 3 is 2.20 bits per heavy atom. The minimum Gasteiger partial charge on any atom is -0.480 e. The van der Waals surface area contributed by atoms with Gasteiger partial charge < -0.3 is 10.0 Å². The summed E-state index contributed by atoms with van der Waals surface area (Å²) in [7, 11) is -6.10. The molecule has 1 amide bonds. The second kappa shape index (κ2) is 10.2. The molecule has 1 aliphatic heterocycles. The van der Waals surface area contributed by atoms with Gasteiger partial charge in [-0.15, -0.1) is 0 Å². The lowest BCUT2D eigenvalue weighted by Crippen LogP contribution is -2.38. The Hall–Kier alpha value is -3.12. The molecular formula is C23H29N3O7S2. The Labute approximate surface area is 205 Å². The van der Waals surface area contributed by atoms with Crippen LogP contribution < -0.4 is 9.03 Å². The Morgan fingerprint density at radius 2 is 1.66 bits per heavy atom. The summed E-state index contributed by atoms with van der Waals surface area (Å²) in [6.45, 7) is 2.82. The summed E-state index contributed by atoms with van der Waals surface area (Å²) in [5, 5.41) is 8.80. The Balaban J connectivity index is 1.64. The lowest BCUT2D eigenvalue weighted by molar-refractivity contribution is -0.134. The van der Waals surface area contributed by atoms with Crippen molar-refractivity contribution in [2.75, 3.05) is 41.2 Å². The van der Waals surface area contributed by atoms with E-state index < -0.39 is 31.8 Å². The first-order chi connectivity index (χ1) is 16.3. The van der Waals surface area contributed by atoms with Crippen molar-refractivity contribution in [1.82, 2.24) is 4.90 Å². The van der Waals surface area contributed by atoms with Gasteiger partial charge in [-0.05, 0) is 61.1 Å². The fourth-order valence-corrected chi connectivity index (χ4v) is 5.60. The maximum Gasteiger partial charge on any atom is 0.320 e. The molecule has 0 saturated carbocycles. The highest BCUT2D eigenvalue weighted by Gasteiger charge is 2.26. The van der Waals surface area contributed by atoms with Crippen molar-refractivity contribution in [2.24, 2.45) is 0 Å². The molecule has 0 spiro atoms. The first-order valence-corrected chi connectivity index (χ1v) is 14.4. The van der Waals surface area contributed by atoms with E-state index >= 15 is 0 Å². The number of sulfonamides is 2. The van der Waals surface area contributed by atoms with Crippen LogP contribution in [0, 0.1) is 6.92 Å². The summed E-state index contributed by atoms with van der Waals surface area (Å²) in [6.07, 6.45) is 2.50. The highest BCUT2D eigenvalue weighted by molar-refractivity contribution is 7.93. The van der Waals surface area contributed by atoms with Crippen LogP contribution in [0.2, 0.25) is 0 Å². The van der Waals surface area contributed by atoms with Gasteiger partial charge in [0.25, 0.3) is 5.91 Å². The largest absolute Gasteiger partial charge is 0.480 e. The number of carboxylic acids is 1. The van der Waals surface area contributed by atoms with E-state index in [-0.39, 0.29) is 11.8 Å². The van der Waals surface area contributed by atoms with Crippen LogP contribution in [0.4, 0.5) is 11.4 Å². The summed E-state index contributed by atoms with van der Waals surface area (Å²) in [5.74, 6) is -2.37. The molecule has 1 heterocycles. The van der Waals surface area contributed by atoms with Crippen molar-refractivity contribution in [3.8, 4) is 0 Å². The van der Waals surface area contributed by atoms with Crippen molar-refractivity contribution in [1.29, 1.82) is 0 Å². The smallest absolute Gasteiger partial charge is 0.320 e. The number of aliphatic carboxylic acids is 1. The number of carboxylic acid groups (broad SMARTS) is 1. The molecule has 2 N–H and O–H groups in total. The van der Waals surface area contributed by atoms with Crippen LogP contribution in [0.15, 0.2) is 42.5 Å². The topological polar surface area (TPSA) is 141 Å². The van der Waals surface area contributed by atoms with Crippen LogP contribution in [0.1, 0.15) is 40.2 Å². The van der Waals surface area contributed by atoms with E-state index in [2.05, 4.69) is 4.72 Å². The molecule has 3 rings (SSSR count). The van der Waals surface area contributed by atoms with Crippen LogP contribution in [-0.4, -0.2) is 70.9 Å². The standard InChI is InChI=1S/C23H29N3O7S2/c1-16-4-5-19(14-21(16)24-34(3,30)31)23(29)26-12-10-18(11-13-26)17-6-8-20(9-7-17)25(2)35(32,33)15-22(27)28/h4-9,14,18,24H,10-13,15H2,1-3H3,(H,27,28). The van der Waals surface area contributed by atoms with Crippen molar-refractivity contribution in [3.63, 3.8) is 0 Å². The first kappa shape index (κ1) is 26.5. The monoisotopic (exact) mass is 523 g/mol. The number of amides is 1. The molecule has 1 saturated heterocycles. The van der Waals surface area contributed by atoms with E-state index in [1.54, 1.807) is 42.2 Å². The molecule has 0 unspecified atom stereocenters. The lowest BCUT2D eigenvalue weighted by atomic mass is 9.89. The van der Waals surface area contributed by atoms with Crippen LogP contribution in [0.25, 0.3) is 0 Å². The van der Waals surface area contributed by atoms with E-state index in [4.69, 9.17) is 5.11 Å². The number of hydrogen-bond acceptors (Lipinski definition) is 6. The minimum atomic E-state index is -3.96. The number of nitrogens with one attached hydrogen (secondary N) is 1. The predicted molar refractivity (Wildman–Crippen MR) is 134 cm³/mol. The van der Waals surface area contributed by atoms with Gasteiger partial charge in [0, 0.05) is 25.7 Å². The third-order valence-electron chi connectivity index (χ3n) is 6.01. The zero-order chi connectivity index (χ0) is 26.0. The number of rotatable bonds is 8. The number of likely N-dealkylation sites (tertiary alicyclic amines) is 1. The van der Waals surface area contributed by atoms with Crippen molar-refractivity contribution in [2.45, 2.75) is 25.7 Å². The van der Waals surface area contributed by atoms with E-state index in [1.165, 1.54) is 7.05 Å². The molecule has 2 aromatic carbocycles. The average molecular weight is 524 g/mol. The molecule has 0 atom stereocenters. The molecular weight excluding hydrogens is 494 g/mol. The molecule has 190 valence electrons. The van der Waals surface area contributed by atoms with Crippen molar-refractivity contribution in [3.05, 3.63) is 59.2 Å². The number of hydrogen-bond donors (Lipinski definition) is 2. The minimum absolute atomic E-state index is 0.166. The van der Waals surface area contributed by atoms with Gasteiger partial charge in [-0.2, -0.15) is 0 Å². The van der Waals surface area contributed by atoms with Crippen molar-refractivity contribution < 1.29 is 31.5 Å². The molecule has 1 fully saturated rings. The molecule has 10 nitrogen and oxygen atoms in total. The average Bonchev–Trinajstić information content (AvgIpc) is 2.78. The number of aryl methyl sites for hydroxylation is 1. The second-order valence-electron chi connectivity index (χ2n) is 8.68. The van der Waals surface area contributed by atoms with Crippen LogP contribution in [-0.2, 0) is 24.8 Å². The maximum atomic E-state index is 13.0. The SMILES string of the molecule is Cc1ccc(C(=O)N2CCC(c3ccc(N(C)S(=O)(=O)CC(=O)O)cc3)CC2)cc1NS(C)(=O)=O. The van der Waals surface area contributed by atoms with Crippen LogP contribution >= 0.6 is 0 Å². The number of piperidine rings is 1. The van der Waals surface area contributed by atoms with E-state index in [0.717, 1.165) is 34.5 Å². The van der Waals surface area contributed by atoms with Gasteiger partial charge in [-0.1, -0.05) is 18.2 Å². The summed E-state index contributed by atoms with van der Waals surface area (Å²) >= 11 is 0. The van der Waals surface area contributed by atoms with Crippen LogP contribution in [0.3, 0.4) is 0 Å². The molecule has 2 aromatic rings. The van der Waals surface area contributed by atoms with E-state index in [9.17, 15) is 26.4 Å². The summed E-state index contributed by atoms with van der Waals surface area (Å²) < 4.78 is 50.8. The number of anilines is 2. The number of benzene rings is 2. The van der Waals surface area contributed by atoms with Gasteiger partial charge in [0.05, 0.1) is 17.6 Å². The van der Waals surface area contributed by atoms with Gasteiger partial charge in [0.15, 0.2) is 5.75 Å². The highest BCUT2D eigenvalue weighted by atomic mass is 32.2. The fraction of sp³-hybridized carbons (Fsp3) is 0.391. The van der Waals surface area contributed by atoms with E-state index in [0.29, 0.717) is 30.0 Å². The summed E-state index contributed by atoms with van der Waals surface area (Å²) in [5.41, 5.74) is 2.90. The van der Waals surface area contributed by atoms with Gasteiger partial charge >= 0.3 is 5.97 Å². The Morgan fingerprint density at radius 1 is 1.06 bits per heavy atom. The highest BCUT2D eigenvalue weighted by Crippen LogP contribution is 2.31.